The second-order valence-electron chi connectivity index (χ2n) is 4.63. The van der Waals surface area contributed by atoms with Crippen LogP contribution in [0.3, 0.4) is 0 Å². The van der Waals surface area contributed by atoms with Crippen LogP contribution in [0.2, 0.25) is 0 Å². The van der Waals surface area contributed by atoms with Gasteiger partial charge in [0, 0.05) is 13.6 Å². The Kier molecular flexibility index (Phi) is 4.97. The molecule has 0 aliphatic heterocycles. The lowest BCUT2D eigenvalue weighted by Gasteiger charge is -2.27. The van der Waals surface area contributed by atoms with Crippen LogP contribution in [0.1, 0.15) is 34.1 Å². The Hall–Kier alpha value is -0.0500. The molecule has 0 aromatic rings. The van der Waals surface area contributed by atoms with Crippen molar-refractivity contribution >= 4 is 21.8 Å². The second-order valence-corrected chi connectivity index (χ2v) is 5.74. The molecule has 0 saturated heterocycles. The molecule has 0 spiro atoms. The van der Waals surface area contributed by atoms with E-state index in [1.807, 2.05) is 14.0 Å². The van der Waals surface area contributed by atoms with Gasteiger partial charge in [-0.25, -0.2) is 0 Å². The van der Waals surface area contributed by atoms with Crippen LogP contribution in [0.5, 0.6) is 0 Å². The van der Waals surface area contributed by atoms with Crippen LogP contribution in [0, 0.1) is 5.41 Å². The van der Waals surface area contributed by atoms with Crippen LogP contribution in [-0.2, 0) is 4.79 Å². The third-order valence-electron chi connectivity index (χ3n) is 1.71. The van der Waals surface area contributed by atoms with Crippen molar-refractivity contribution < 1.29 is 4.79 Å². The molecule has 0 aliphatic carbocycles. The number of alkyl halides is 1. The van der Waals surface area contributed by atoms with Gasteiger partial charge in [-0.3, -0.25) is 4.79 Å². The molecule has 2 nitrogen and oxygen atoms in total. The minimum Gasteiger partial charge on any atom is -0.344 e. The number of rotatable bonds is 3. The molecule has 0 aromatic heterocycles. The van der Waals surface area contributed by atoms with Gasteiger partial charge in [-0.05, 0) is 11.8 Å². The fourth-order valence-corrected chi connectivity index (χ4v) is 1.55. The minimum atomic E-state index is -0.0279. The lowest BCUT2D eigenvalue weighted by atomic mass is 9.96. The first-order chi connectivity index (χ1) is 5.78. The van der Waals surface area contributed by atoms with Gasteiger partial charge in [0.2, 0.25) is 5.91 Å². The van der Waals surface area contributed by atoms with Crippen molar-refractivity contribution in [2.75, 3.05) is 13.6 Å². The quantitative estimate of drug-likeness (QED) is 0.705. The van der Waals surface area contributed by atoms with Gasteiger partial charge in [-0.15, -0.1) is 0 Å². The van der Waals surface area contributed by atoms with Crippen LogP contribution < -0.4 is 0 Å². The first kappa shape index (κ1) is 12.9. The van der Waals surface area contributed by atoms with Gasteiger partial charge in [0.1, 0.15) is 0 Å². The van der Waals surface area contributed by atoms with E-state index in [1.165, 1.54) is 0 Å². The van der Waals surface area contributed by atoms with E-state index in [1.54, 1.807) is 4.90 Å². The molecule has 1 atom stereocenters. The number of halogens is 1. The van der Waals surface area contributed by atoms with Crippen LogP contribution in [0.15, 0.2) is 0 Å². The molecule has 0 heterocycles. The smallest absolute Gasteiger partial charge is 0.236 e. The van der Waals surface area contributed by atoms with Gasteiger partial charge >= 0.3 is 0 Å². The maximum Gasteiger partial charge on any atom is 0.236 e. The fraction of sp³-hybridized carbons (Fsp3) is 0.900. The zero-order valence-corrected chi connectivity index (χ0v) is 10.8. The van der Waals surface area contributed by atoms with E-state index in [-0.39, 0.29) is 16.1 Å². The monoisotopic (exact) mass is 249 g/mol. The van der Waals surface area contributed by atoms with Crippen molar-refractivity contribution in [2.45, 2.75) is 38.9 Å². The molecule has 0 saturated carbocycles. The summed E-state index contributed by atoms with van der Waals surface area (Å²) in [6.45, 7) is 9.19. The predicted molar refractivity (Wildman–Crippen MR) is 60.1 cm³/mol. The largest absolute Gasteiger partial charge is 0.344 e. The summed E-state index contributed by atoms with van der Waals surface area (Å²) in [5, 5.41) is 0. The molecule has 78 valence electrons. The van der Waals surface area contributed by atoms with Crippen molar-refractivity contribution in [3.8, 4) is 0 Å². The number of nitrogens with zero attached hydrogens (tertiary/aromatic N) is 1. The highest BCUT2D eigenvalue weighted by Crippen LogP contribution is 2.16. The topological polar surface area (TPSA) is 20.3 Å². The maximum absolute atomic E-state index is 11.6. The van der Waals surface area contributed by atoms with E-state index < -0.39 is 0 Å². The standard InChI is InChI=1S/C10H20BrNO/c1-6-8(11)9(13)12(5)7-10(2,3)4/h8H,6-7H2,1-5H3. The SMILES string of the molecule is CCC(Br)C(=O)N(C)CC(C)(C)C. The van der Waals surface area contributed by atoms with Gasteiger partial charge in [0.05, 0.1) is 4.83 Å². The zero-order chi connectivity index (χ0) is 10.6. The Morgan fingerprint density at radius 3 is 2.23 bits per heavy atom. The summed E-state index contributed by atoms with van der Waals surface area (Å²) in [7, 11) is 1.86. The average Bonchev–Trinajstić information content (AvgIpc) is 1.98. The summed E-state index contributed by atoms with van der Waals surface area (Å²) in [6, 6.07) is 0. The lowest BCUT2D eigenvalue weighted by Crippen LogP contribution is -2.38. The van der Waals surface area contributed by atoms with E-state index >= 15 is 0 Å². The highest BCUT2D eigenvalue weighted by atomic mass is 79.9. The van der Waals surface area contributed by atoms with Crippen molar-refractivity contribution in [1.29, 1.82) is 0 Å². The third kappa shape index (κ3) is 5.29. The highest BCUT2D eigenvalue weighted by Gasteiger charge is 2.21. The lowest BCUT2D eigenvalue weighted by molar-refractivity contribution is -0.130. The number of carbonyl (C=O) groups excluding carboxylic acids is 1. The fourth-order valence-electron chi connectivity index (χ4n) is 1.20. The molecule has 0 bridgehead atoms. The first-order valence-corrected chi connectivity index (χ1v) is 5.58. The van der Waals surface area contributed by atoms with Crippen molar-refractivity contribution in [3.05, 3.63) is 0 Å². The van der Waals surface area contributed by atoms with Crippen molar-refractivity contribution in [2.24, 2.45) is 5.41 Å². The maximum atomic E-state index is 11.6. The second kappa shape index (κ2) is 4.99. The van der Waals surface area contributed by atoms with E-state index in [4.69, 9.17) is 0 Å². The van der Waals surface area contributed by atoms with Gasteiger partial charge in [-0.1, -0.05) is 43.6 Å². The van der Waals surface area contributed by atoms with Crippen LogP contribution in [-0.4, -0.2) is 29.2 Å². The highest BCUT2D eigenvalue weighted by molar-refractivity contribution is 9.10. The van der Waals surface area contributed by atoms with E-state index in [0.29, 0.717) is 0 Å². The summed E-state index contributed by atoms with van der Waals surface area (Å²) >= 11 is 3.36. The Balaban J connectivity index is 4.12. The Bertz CT molecular complexity index is 174. The normalized spacial score (nSPS) is 14.0. The van der Waals surface area contributed by atoms with Gasteiger partial charge in [0.25, 0.3) is 0 Å². The third-order valence-corrected chi connectivity index (χ3v) is 2.75. The summed E-state index contributed by atoms with van der Waals surface area (Å²) in [5.74, 6) is 0.178. The Morgan fingerprint density at radius 2 is 1.92 bits per heavy atom. The molecule has 0 radical (unpaired) electrons. The predicted octanol–water partition coefficient (Wildman–Crippen LogP) is 2.66. The molecular weight excluding hydrogens is 230 g/mol. The number of hydrogen-bond acceptors (Lipinski definition) is 1. The Labute approximate surface area is 89.8 Å². The summed E-state index contributed by atoms with van der Waals surface area (Å²) < 4.78 is 0. The van der Waals surface area contributed by atoms with E-state index in [0.717, 1.165) is 13.0 Å². The van der Waals surface area contributed by atoms with Crippen LogP contribution in [0.25, 0.3) is 0 Å². The number of carbonyl (C=O) groups is 1. The number of amides is 1. The minimum absolute atomic E-state index is 0.0279. The number of hydrogen-bond donors (Lipinski definition) is 0. The molecule has 13 heavy (non-hydrogen) atoms. The molecule has 0 aromatic carbocycles. The summed E-state index contributed by atoms with van der Waals surface area (Å²) in [5.41, 5.74) is 0.171. The molecule has 0 rings (SSSR count). The summed E-state index contributed by atoms with van der Waals surface area (Å²) in [6.07, 6.45) is 0.841. The molecule has 0 N–H and O–H groups in total. The Morgan fingerprint density at radius 1 is 1.46 bits per heavy atom. The molecule has 1 amide bonds. The summed E-state index contributed by atoms with van der Waals surface area (Å²) in [4.78, 5) is 13.4. The van der Waals surface area contributed by atoms with Crippen molar-refractivity contribution in [3.63, 3.8) is 0 Å². The van der Waals surface area contributed by atoms with Crippen LogP contribution >= 0.6 is 15.9 Å². The molecule has 0 aliphatic rings. The molecule has 3 heteroatoms. The first-order valence-electron chi connectivity index (χ1n) is 4.67. The molecular formula is C10H20BrNO. The average molecular weight is 250 g/mol. The molecule has 1 unspecified atom stereocenters. The van der Waals surface area contributed by atoms with E-state index in [9.17, 15) is 4.79 Å². The van der Waals surface area contributed by atoms with Gasteiger partial charge in [0.15, 0.2) is 0 Å². The van der Waals surface area contributed by atoms with E-state index in [2.05, 4.69) is 36.7 Å². The van der Waals surface area contributed by atoms with Crippen molar-refractivity contribution in [1.82, 2.24) is 4.90 Å². The zero-order valence-electron chi connectivity index (χ0n) is 9.22. The van der Waals surface area contributed by atoms with Gasteiger partial charge in [-0.2, -0.15) is 0 Å². The van der Waals surface area contributed by atoms with Crippen LogP contribution in [0.4, 0.5) is 0 Å². The molecule has 0 fully saturated rings. The van der Waals surface area contributed by atoms with Gasteiger partial charge < -0.3 is 4.90 Å².